The zero-order valence-corrected chi connectivity index (χ0v) is 9.88. The van der Waals surface area contributed by atoms with Crippen molar-refractivity contribution in [3.8, 4) is 22.6 Å². The maximum absolute atomic E-state index is 13.9. The number of aryl methyl sites for hydroxylation is 1. The predicted octanol–water partition coefficient (Wildman–Crippen LogP) is 1.42. The predicted molar refractivity (Wildman–Crippen MR) is 61.1 cm³/mol. The fraction of sp³-hybridized carbons (Fsp3) is 0.182. The molecular formula is C11H12FN3O3. The normalized spacial score (nSPS) is 10.4. The average Bonchev–Trinajstić information content (AvgIpc) is 2.77. The molecule has 0 saturated heterocycles. The van der Waals surface area contributed by atoms with Gasteiger partial charge in [-0.15, -0.1) is 0 Å². The van der Waals surface area contributed by atoms with E-state index < -0.39 is 5.82 Å². The molecule has 6 nitrogen and oxygen atoms in total. The number of nitrogens with two attached hydrogens (primary N) is 1. The first-order chi connectivity index (χ1) is 8.65. The Morgan fingerprint density at radius 1 is 1.33 bits per heavy atom. The molecule has 0 saturated carbocycles. The van der Waals surface area contributed by atoms with Crippen LogP contribution >= 0.6 is 0 Å². The topological polar surface area (TPSA) is 71.5 Å². The second-order valence-corrected chi connectivity index (χ2v) is 3.57. The van der Waals surface area contributed by atoms with Gasteiger partial charge in [0.05, 0.1) is 13.3 Å². The van der Waals surface area contributed by atoms with E-state index in [1.165, 1.54) is 25.4 Å². The van der Waals surface area contributed by atoms with Crippen LogP contribution in [0.2, 0.25) is 0 Å². The SMILES string of the molecule is COc1cc(F)c(-c2cnn(C)c2)cc1OON. The summed E-state index contributed by atoms with van der Waals surface area (Å²) in [6.07, 6.45) is 3.22. The van der Waals surface area contributed by atoms with E-state index in [1.54, 1.807) is 17.9 Å². The third-order valence-electron chi connectivity index (χ3n) is 2.41. The van der Waals surface area contributed by atoms with E-state index in [2.05, 4.69) is 10.1 Å². The molecule has 0 atom stereocenters. The van der Waals surface area contributed by atoms with Gasteiger partial charge in [-0.2, -0.15) is 11.0 Å². The monoisotopic (exact) mass is 253 g/mol. The van der Waals surface area contributed by atoms with E-state index in [1.807, 2.05) is 0 Å². The summed E-state index contributed by atoms with van der Waals surface area (Å²) in [5.41, 5.74) is 0.926. The summed E-state index contributed by atoms with van der Waals surface area (Å²) in [6.45, 7) is 0. The molecule has 0 unspecified atom stereocenters. The Bertz CT molecular complexity index is 556. The minimum absolute atomic E-state index is 0.181. The lowest BCUT2D eigenvalue weighted by atomic mass is 10.1. The van der Waals surface area contributed by atoms with Gasteiger partial charge < -0.3 is 9.62 Å². The molecule has 2 N–H and O–H groups in total. The molecule has 0 spiro atoms. The van der Waals surface area contributed by atoms with Crippen molar-refractivity contribution in [1.29, 1.82) is 0 Å². The highest BCUT2D eigenvalue weighted by atomic mass is 19.1. The summed E-state index contributed by atoms with van der Waals surface area (Å²) in [6, 6.07) is 2.62. The number of rotatable bonds is 4. The highest BCUT2D eigenvalue weighted by Crippen LogP contribution is 2.34. The summed E-state index contributed by atoms with van der Waals surface area (Å²) in [4.78, 5) is 8.79. The number of aromatic nitrogens is 2. The summed E-state index contributed by atoms with van der Waals surface area (Å²) in [5.74, 6) is 4.74. The minimum atomic E-state index is -0.454. The van der Waals surface area contributed by atoms with Gasteiger partial charge >= 0.3 is 0 Å². The van der Waals surface area contributed by atoms with Crippen molar-refractivity contribution < 1.29 is 19.0 Å². The number of benzene rings is 1. The van der Waals surface area contributed by atoms with Gasteiger partial charge in [0.2, 0.25) is 5.75 Å². The molecule has 0 aliphatic heterocycles. The van der Waals surface area contributed by atoms with E-state index in [0.717, 1.165) is 0 Å². The zero-order chi connectivity index (χ0) is 13.1. The maximum atomic E-state index is 13.9. The Morgan fingerprint density at radius 3 is 2.67 bits per heavy atom. The van der Waals surface area contributed by atoms with Gasteiger partial charge in [0.1, 0.15) is 5.82 Å². The Morgan fingerprint density at radius 2 is 2.11 bits per heavy atom. The van der Waals surface area contributed by atoms with Crippen molar-refractivity contribution in [2.45, 2.75) is 0 Å². The van der Waals surface area contributed by atoms with Gasteiger partial charge in [0.25, 0.3) is 0 Å². The molecule has 2 rings (SSSR count). The molecule has 1 aromatic heterocycles. The zero-order valence-electron chi connectivity index (χ0n) is 9.88. The van der Waals surface area contributed by atoms with E-state index in [-0.39, 0.29) is 11.5 Å². The number of methoxy groups -OCH3 is 1. The third-order valence-corrected chi connectivity index (χ3v) is 2.41. The average molecular weight is 253 g/mol. The lowest BCUT2D eigenvalue weighted by molar-refractivity contribution is -0.212. The van der Waals surface area contributed by atoms with E-state index >= 15 is 0 Å². The van der Waals surface area contributed by atoms with E-state index in [0.29, 0.717) is 11.1 Å². The van der Waals surface area contributed by atoms with Crippen LogP contribution in [0, 0.1) is 5.82 Å². The molecule has 0 aliphatic rings. The molecule has 2 aromatic rings. The van der Waals surface area contributed by atoms with Crippen LogP contribution in [-0.2, 0) is 12.0 Å². The molecule has 0 bridgehead atoms. The first-order valence-corrected chi connectivity index (χ1v) is 5.05. The highest BCUT2D eigenvalue weighted by Gasteiger charge is 2.15. The molecule has 0 radical (unpaired) electrons. The van der Waals surface area contributed by atoms with Crippen molar-refractivity contribution in [2.75, 3.05) is 7.11 Å². The summed E-state index contributed by atoms with van der Waals surface area (Å²) in [7, 11) is 3.13. The third kappa shape index (κ3) is 2.27. The number of hydrogen-bond donors (Lipinski definition) is 1. The molecule has 0 aliphatic carbocycles. The van der Waals surface area contributed by atoms with Gasteiger partial charge in [-0.05, 0) is 6.07 Å². The molecule has 18 heavy (non-hydrogen) atoms. The van der Waals surface area contributed by atoms with Crippen LogP contribution in [-0.4, -0.2) is 16.9 Å². The molecule has 0 amide bonds. The molecule has 1 aromatic carbocycles. The lowest BCUT2D eigenvalue weighted by Crippen LogP contribution is -2.05. The molecule has 0 fully saturated rings. The fourth-order valence-electron chi connectivity index (χ4n) is 1.59. The van der Waals surface area contributed by atoms with Crippen molar-refractivity contribution in [3.63, 3.8) is 0 Å². The smallest absolute Gasteiger partial charge is 0.210 e. The first kappa shape index (κ1) is 12.3. The molecule has 96 valence electrons. The molecular weight excluding hydrogens is 241 g/mol. The maximum Gasteiger partial charge on any atom is 0.210 e. The second-order valence-electron chi connectivity index (χ2n) is 3.57. The van der Waals surface area contributed by atoms with Gasteiger partial charge in [0, 0.05) is 30.4 Å². The van der Waals surface area contributed by atoms with Crippen LogP contribution in [0.1, 0.15) is 0 Å². The standard InChI is InChI=1S/C11H12FN3O3/c1-15-6-7(5-14-15)8-3-11(17-18-13)10(16-2)4-9(8)12/h3-6H,13H2,1-2H3. The fourth-order valence-corrected chi connectivity index (χ4v) is 1.59. The lowest BCUT2D eigenvalue weighted by Gasteiger charge is -2.09. The van der Waals surface area contributed by atoms with Crippen LogP contribution in [0.3, 0.4) is 0 Å². The number of hydrogen-bond acceptors (Lipinski definition) is 5. The van der Waals surface area contributed by atoms with Gasteiger partial charge in [-0.1, -0.05) is 4.99 Å². The second kappa shape index (κ2) is 5.03. The van der Waals surface area contributed by atoms with E-state index in [4.69, 9.17) is 15.5 Å². The largest absolute Gasteiger partial charge is 0.493 e. The quantitative estimate of drug-likeness (QED) is 0.659. The number of halogens is 1. The van der Waals surface area contributed by atoms with Gasteiger partial charge in [-0.3, -0.25) is 4.68 Å². The molecule has 1 heterocycles. The van der Waals surface area contributed by atoms with Crippen molar-refractivity contribution in [3.05, 3.63) is 30.3 Å². The Balaban J connectivity index is 2.50. The summed E-state index contributed by atoms with van der Waals surface area (Å²) in [5, 5.41) is 3.97. The Labute approximate surface area is 103 Å². The summed E-state index contributed by atoms with van der Waals surface area (Å²) >= 11 is 0. The Hall–Kier alpha value is -2.12. The first-order valence-electron chi connectivity index (χ1n) is 5.05. The number of ether oxygens (including phenoxy) is 1. The number of nitrogens with zero attached hydrogens (tertiary/aromatic N) is 2. The summed E-state index contributed by atoms with van der Waals surface area (Å²) < 4.78 is 20.4. The van der Waals surface area contributed by atoms with Crippen LogP contribution in [0.4, 0.5) is 4.39 Å². The van der Waals surface area contributed by atoms with Crippen molar-refractivity contribution in [2.24, 2.45) is 12.9 Å². The van der Waals surface area contributed by atoms with Crippen LogP contribution in [0.5, 0.6) is 11.5 Å². The van der Waals surface area contributed by atoms with Crippen LogP contribution in [0.15, 0.2) is 24.5 Å². The van der Waals surface area contributed by atoms with Gasteiger partial charge in [0.15, 0.2) is 5.75 Å². The highest BCUT2D eigenvalue weighted by molar-refractivity contribution is 5.66. The Kier molecular flexibility index (Phi) is 3.45. The minimum Gasteiger partial charge on any atom is -0.493 e. The van der Waals surface area contributed by atoms with E-state index in [9.17, 15) is 4.39 Å². The molecule has 7 heteroatoms. The van der Waals surface area contributed by atoms with Crippen molar-refractivity contribution in [1.82, 2.24) is 9.78 Å². The van der Waals surface area contributed by atoms with Crippen molar-refractivity contribution >= 4 is 0 Å². The van der Waals surface area contributed by atoms with Crippen LogP contribution < -0.4 is 15.5 Å². The van der Waals surface area contributed by atoms with Gasteiger partial charge in [-0.25, -0.2) is 4.39 Å². The van der Waals surface area contributed by atoms with Crippen LogP contribution in [0.25, 0.3) is 11.1 Å².